The van der Waals surface area contributed by atoms with Gasteiger partial charge in [-0.25, -0.2) is 4.39 Å². The fraction of sp³-hybridized carbons (Fsp3) is 0.0909. The minimum Gasteiger partial charge on any atom is -0.365 e. The van der Waals surface area contributed by atoms with E-state index >= 15 is 0 Å². The molecule has 0 aliphatic carbocycles. The number of hydrogen-bond acceptors (Lipinski definition) is 2. The number of carbonyl (C=O) groups is 1. The Labute approximate surface area is 86.6 Å². The number of nitrogens with zero attached hydrogens (tertiary/aromatic N) is 1. The second kappa shape index (κ2) is 4.38. The number of nitriles is 1. The van der Waals surface area contributed by atoms with Gasteiger partial charge in [0.15, 0.2) is 0 Å². The second-order valence-corrected chi connectivity index (χ2v) is 2.98. The number of benzene rings is 1. The number of hydrogen-bond donors (Lipinski definition) is 1. The van der Waals surface area contributed by atoms with Crippen LogP contribution in [0.2, 0.25) is 0 Å². The average molecular weight is 204 g/mol. The van der Waals surface area contributed by atoms with Crippen LogP contribution < -0.4 is 5.73 Å². The van der Waals surface area contributed by atoms with E-state index < -0.39 is 5.91 Å². The summed E-state index contributed by atoms with van der Waals surface area (Å²) < 4.78 is 12.6. The van der Waals surface area contributed by atoms with Gasteiger partial charge >= 0.3 is 0 Å². The summed E-state index contributed by atoms with van der Waals surface area (Å²) in [6, 6.07) is 7.23. The minimum absolute atomic E-state index is 0.110. The van der Waals surface area contributed by atoms with E-state index in [2.05, 4.69) is 0 Å². The fourth-order valence-electron chi connectivity index (χ4n) is 1.17. The third kappa shape index (κ3) is 2.41. The van der Waals surface area contributed by atoms with Crippen molar-refractivity contribution < 1.29 is 9.18 Å². The van der Waals surface area contributed by atoms with Crippen molar-refractivity contribution in [1.82, 2.24) is 0 Å². The molecular formula is C11H9FN2O. The molecule has 0 saturated carbocycles. The van der Waals surface area contributed by atoms with Gasteiger partial charge in [0.05, 0.1) is 0 Å². The van der Waals surface area contributed by atoms with E-state index in [4.69, 9.17) is 11.0 Å². The van der Waals surface area contributed by atoms with Crippen molar-refractivity contribution in [3.8, 4) is 6.07 Å². The third-order valence-corrected chi connectivity index (χ3v) is 2.01. The van der Waals surface area contributed by atoms with Crippen molar-refractivity contribution in [3.05, 3.63) is 41.2 Å². The summed E-state index contributed by atoms with van der Waals surface area (Å²) in [6.45, 7) is 1.59. The fourth-order valence-corrected chi connectivity index (χ4v) is 1.17. The zero-order valence-corrected chi connectivity index (χ0v) is 8.12. The van der Waals surface area contributed by atoms with Gasteiger partial charge in [-0.3, -0.25) is 4.79 Å². The molecule has 1 aromatic carbocycles. The van der Waals surface area contributed by atoms with Gasteiger partial charge in [-0.05, 0) is 30.2 Å². The van der Waals surface area contributed by atoms with Crippen LogP contribution in [-0.2, 0) is 4.79 Å². The van der Waals surface area contributed by atoms with Crippen LogP contribution in [0.25, 0.3) is 5.57 Å². The molecular weight excluding hydrogens is 195 g/mol. The third-order valence-electron chi connectivity index (χ3n) is 2.01. The van der Waals surface area contributed by atoms with Gasteiger partial charge in [0.2, 0.25) is 0 Å². The Morgan fingerprint density at radius 1 is 1.40 bits per heavy atom. The molecule has 0 unspecified atom stereocenters. The highest BCUT2D eigenvalue weighted by molar-refractivity contribution is 6.03. The maximum atomic E-state index is 12.6. The van der Waals surface area contributed by atoms with Crippen molar-refractivity contribution >= 4 is 11.5 Å². The summed E-state index contributed by atoms with van der Waals surface area (Å²) in [7, 11) is 0. The predicted octanol–water partition coefficient (Wildman–Crippen LogP) is 1.61. The molecule has 3 nitrogen and oxygen atoms in total. The van der Waals surface area contributed by atoms with Crippen LogP contribution in [0.15, 0.2) is 29.8 Å². The van der Waals surface area contributed by atoms with E-state index in [-0.39, 0.29) is 11.4 Å². The standard InChI is InChI=1S/C11H9FN2O/c1-7(10(6-13)11(14)15)8-2-4-9(12)5-3-8/h2-5H,1H3,(H2,14,15). The maximum absolute atomic E-state index is 12.6. The molecule has 0 atom stereocenters. The predicted molar refractivity (Wildman–Crippen MR) is 53.8 cm³/mol. The van der Waals surface area contributed by atoms with Gasteiger partial charge in [0.1, 0.15) is 17.5 Å². The monoisotopic (exact) mass is 204 g/mol. The zero-order valence-electron chi connectivity index (χ0n) is 8.12. The molecule has 0 aromatic heterocycles. The largest absolute Gasteiger partial charge is 0.365 e. The summed E-state index contributed by atoms with van der Waals surface area (Å²) in [6.07, 6.45) is 0. The van der Waals surface area contributed by atoms with Crippen LogP contribution in [0.3, 0.4) is 0 Å². The topological polar surface area (TPSA) is 66.9 Å². The first kappa shape index (κ1) is 10.9. The molecule has 1 amide bonds. The van der Waals surface area contributed by atoms with Crippen LogP contribution >= 0.6 is 0 Å². The van der Waals surface area contributed by atoms with Gasteiger partial charge in [-0.15, -0.1) is 0 Å². The number of rotatable bonds is 2. The summed E-state index contributed by atoms with van der Waals surface area (Å²) in [5.74, 6) is -1.15. The number of halogens is 1. The first-order valence-corrected chi connectivity index (χ1v) is 4.23. The SMILES string of the molecule is CC(=C(C#N)C(N)=O)c1ccc(F)cc1. The van der Waals surface area contributed by atoms with Crippen LogP contribution in [0.1, 0.15) is 12.5 Å². The molecule has 4 heteroatoms. The highest BCUT2D eigenvalue weighted by Gasteiger charge is 2.09. The van der Waals surface area contributed by atoms with E-state index in [9.17, 15) is 9.18 Å². The van der Waals surface area contributed by atoms with E-state index in [1.54, 1.807) is 13.0 Å². The molecule has 76 valence electrons. The Bertz CT molecular complexity index is 454. The minimum atomic E-state index is -0.778. The molecule has 0 fully saturated rings. The zero-order chi connectivity index (χ0) is 11.4. The quantitative estimate of drug-likeness (QED) is 0.587. The lowest BCUT2D eigenvalue weighted by atomic mass is 10.0. The molecule has 0 aliphatic rings. The molecule has 15 heavy (non-hydrogen) atoms. The van der Waals surface area contributed by atoms with E-state index in [0.717, 1.165) is 0 Å². The number of carbonyl (C=O) groups excluding carboxylic acids is 1. The Morgan fingerprint density at radius 2 is 1.93 bits per heavy atom. The lowest BCUT2D eigenvalue weighted by molar-refractivity contribution is -0.114. The van der Waals surface area contributed by atoms with Gasteiger partial charge in [0, 0.05) is 0 Å². The summed E-state index contributed by atoms with van der Waals surface area (Å²) in [5, 5.41) is 8.70. The second-order valence-electron chi connectivity index (χ2n) is 2.98. The van der Waals surface area contributed by atoms with E-state index in [1.165, 1.54) is 24.3 Å². The van der Waals surface area contributed by atoms with Crippen LogP contribution in [-0.4, -0.2) is 5.91 Å². The van der Waals surface area contributed by atoms with Gasteiger partial charge in [-0.1, -0.05) is 12.1 Å². The average Bonchev–Trinajstić information content (AvgIpc) is 2.19. The molecule has 0 spiro atoms. The van der Waals surface area contributed by atoms with E-state index in [0.29, 0.717) is 11.1 Å². The number of allylic oxidation sites excluding steroid dienone is 1. The first-order chi connectivity index (χ1) is 7.06. The number of primary amides is 1. The molecule has 0 bridgehead atoms. The van der Waals surface area contributed by atoms with Crippen LogP contribution in [0.4, 0.5) is 4.39 Å². The van der Waals surface area contributed by atoms with Crippen LogP contribution in [0, 0.1) is 17.1 Å². The lowest BCUT2D eigenvalue weighted by Crippen LogP contribution is -2.13. The molecule has 0 radical (unpaired) electrons. The molecule has 0 saturated heterocycles. The smallest absolute Gasteiger partial charge is 0.259 e. The Hall–Kier alpha value is -2.15. The summed E-state index contributed by atoms with van der Waals surface area (Å²) in [5.41, 5.74) is 5.96. The number of amides is 1. The summed E-state index contributed by atoms with van der Waals surface area (Å²) >= 11 is 0. The van der Waals surface area contributed by atoms with Gasteiger partial charge in [0.25, 0.3) is 5.91 Å². The Kier molecular flexibility index (Phi) is 3.19. The van der Waals surface area contributed by atoms with Crippen molar-refractivity contribution in [1.29, 1.82) is 5.26 Å². The Balaban J connectivity index is 3.24. The normalized spacial score (nSPS) is 11.5. The summed E-state index contributed by atoms with van der Waals surface area (Å²) in [4.78, 5) is 10.9. The van der Waals surface area contributed by atoms with Gasteiger partial charge < -0.3 is 5.73 Å². The van der Waals surface area contributed by atoms with Crippen molar-refractivity contribution in [2.24, 2.45) is 5.73 Å². The first-order valence-electron chi connectivity index (χ1n) is 4.23. The molecule has 1 rings (SSSR count). The molecule has 1 aromatic rings. The number of nitrogens with two attached hydrogens (primary N) is 1. The van der Waals surface area contributed by atoms with Crippen molar-refractivity contribution in [3.63, 3.8) is 0 Å². The van der Waals surface area contributed by atoms with E-state index in [1.807, 2.05) is 0 Å². The Morgan fingerprint density at radius 3 is 2.33 bits per heavy atom. The molecule has 2 N–H and O–H groups in total. The highest BCUT2D eigenvalue weighted by Crippen LogP contribution is 2.17. The van der Waals surface area contributed by atoms with Crippen molar-refractivity contribution in [2.45, 2.75) is 6.92 Å². The maximum Gasteiger partial charge on any atom is 0.259 e. The highest BCUT2D eigenvalue weighted by atomic mass is 19.1. The lowest BCUT2D eigenvalue weighted by Gasteiger charge is -2.02. The molecule has 0 heterocycles. The van der Waals surface area contributed by atoms with Crippen molar-refractivity contribution in [2.75, 3.05) is 0 Å². The van der Waals surface area contributed by atoms with Crippen LogP contribution in [0.5, 0.6) is 0 Å². The molecule has 0 aliphatic heterocycles. The van der Waals surface area contributed by atoms with Gasteiger partial charge in [-0.2, -0.15) is 5.26 Å².